The van der Waals surface area contributed by atoms with Gasteiger partial charge < -0.3 is 5.32 Å². The smallest absolute Gasteiger partial charge is 0.302 e. The molecule has 0 aliphatic heterocycles. The number of aromatic nitrogens is 1. The number of hydrogen-bond acceptors (Lipinski definition) is 4. The number of amides is 1. The number of hydrogen-bond donors (Lipinski definition) is 1. The molecule has 1 N–H and O–H groups in total. The Kier molecular flexibility index (Phi) is 4.18. The molecular weight excluding hydrogens is 351 g/mol. The number of nitriles is 1. The first-order valence-corrected chi connectivity index (χ1v) is 7.89. The topological polar surface area (TPSA) is 65.8 Å². The quantitative estimate of drug-likeness (QED) is 0.712. The Labute approximate surface area is 144 Å². The molecule has 25 heavy (non-hydrogen) atoms. The first-order chi connectivity index (χ1) is 11.8. The van der Waals surface area contributed by atoms with Crippen molar-refractivity contribution in [3.63, 3.8) is 0 Å². The largest absolute Gasteiger partial charge is 0.416 e. The van der Waals surface area contributed by atoms with Gasteiger partial charge >= 0.3 is 6.18 Å². The molecule has 0 spiro atoms. The average Bonchev–Trinajstić information content (AvgIpc) is 2.93. The molecule has 126 valence electrons. The molecule has 0 unspecified atom stereocenters. The maximum Gasteiger partial charge on any atom is 0.416 e. The van der Waals surface area contributed by atoms with Crippen LogP contribution < -0.4 is 5.32 Å². The number of thiazole rings is 1. The predicted molar refractivity (Wildman–Crippen MR) is 89.1 cm³/mol. The molecule has 0 radical (unpaired) electrons. The minimum atomic E-state index is -4.53. The molecule has 0 bridgehead atoms. The van der Waals surface area contributed by atoms with Crippen LogP contribution in [0.4, 0.5) is 18.3 Å². The molecule has 4 nitrogen and oxygen atoms in total. The lowest BCUT2D eigenvalue weighted by Gasteiger charge is -2.10. The van der Waals surface area contributed by atoms with E-state index >= 15 is 0 Å². The van der Waals surface area contributed by atoms with Crippen LogP contribution in [0.5, 0.6) is 0 Å². The monoisotopic (exact) mass is 361 g/mol. The molecular formula is C17H10F3N3OS. The van der Waals surface area contributed by atoms with Gasteiger partial charge in [0.15, 0.2) is 5.13 Å². The van der Waals surface area contributed by atoms with Crippen molar-refractivity contribution < 1.29 is 18.0 Å². The van der Waals surface area contributed by atoms with Crippen molar-refractivity contribution in [1.29, 1.82) is 5.26 Å². The molecule has 1 aromatic heterocycles. The second kappa shape index (κ2) is 6.18. The Balaban J connectivity index is 2.09. The van der Waals surface area contributed by atoms with Crippen molar-refractivity contribution in [2.45, 2.75) is 13.1 Å². The van der Waals surface area contributed by atoms with Gasteiger partial charge in [0.05, 0.1) is 27.4 Å². The summed E-state index contributed by atoms with van der Waals surface area (Å²) >= 11 is 1.22. The van der Waals surface area contributed by atoms with E-state index in [4.69, 9.17) is 5.26 Å². The summed E-state index contributed by atoms with van der Waals surface area (Å²) in [5.74, 6) is -0.254. The van der Waals surface area contributed by atoms with E-state index in [1.54, 1.807) is 24.3 Å². The van der Waals surface area contributed by atoms with Crippen LogP contribution in [0, 0.1) is 11.3 Å². The normalized spacial score (nSPS) is 11.3. The van der Waals surface area contributed by atoms with E-state index in [0.717, 1.165) is 16.8 Å². The number of nitrogens with zero attached hydrogens (tertiary/aromatic N) is 2. The van der Waals surface area contributed by atoms with Crippen LogP contribution in [0.15, 0.2) is 36.4 Å². The van der Waals surface area contributed by atoms with Gasteiger partial charge in [-0.15, -0.1) is 0 Å². The van der Waals surface area contributed by atoms with Gasteiger partial charge in [-0.3, -0.25) is 4.79 Å². The summed E-state index contributed by atoms with van der Waals surface area (Å²) < 4.78 is 39.8. The molecule has 8 heteroatoms. The van der Waals surface area contributed by atoms with Gasteiger partial charge in [-0.05, 0) is 41.5 Å². The number of nitrogens with one attached hydrogen (secondary N) is 1. The van der Waals surface area contributed by atoms with Crippen LogP contribution in [0.1, 0.15) is 18.1 Å². The second-order valence-corrected chi connectivity index (χ2v) is 6.32. The third-order valence-electron chi connectivity index (χ3n) is 3.39. The molecule has 3 aromatic rings. The number of carbonyl (C=O) groups excluding carboxylic acids is 1. The highest BCUT2D eigenvalue weighted by molar-refractivity contribution is 7.22. The molecule has 1 heterocycles. The fourth-order valence-corrected chi connectivity index (χ4v) is 3.28. The van der Waals surface area contributed by atoms with Gasteiger partial charge in [-0.25, -0.2) is 4.98 Å². The highest BCUT2D eigenvalue weighted by Gasteiger charge is 2.31. The summed E-state index contributed by atoms with van der Waals surface area (Å²) in [7, 11) is 0. The van der Waals surface area contributed by atoms with Crippen molar-refractivity contribution in [3.8, 4) is 17.2 Å². The zero-order valence-electron chi connectivity index (χ0n) is 12.8. The first kappa shape index (κ1) is 16.9. The van der Waals surface area contributed by atoms with Crippen LogP contribution in [0.25, 0.3) is 21.3 Å². The molecule has 0 aliphatic carbocycles. The van der Waals surface area contributed by atoms with Crippen molar-refractivity contribution in [3.05, 3.63) is 47.5 Å². The number of halogens is 3. The third-order valence-corrected chi connectivity index (χ3v) is 4.33. The van der Waals surface area contributed by atoms with E-state index in [0.29, 0.717) is 21.8 Å². The summed E-state index contributed by atoms with van der Waals surface area (Å²) in [6.45, 7) is 1.36. The van der Waals surface area contributed by atoms with Crippen molar-refractivity contribution in [1.82, 2.24) is 4.98 Å². The van der Waals surface area contributed by atoms with Crippen molar-refractivity contribution in [2.24, 2.45) is 0 Å². The Morgan fingerprint density at radius 1 is 1.20 bits per heavy atom. The van der Waals surface area contributed by atoms with E-state index < -0.39 is 11.7 Å². The summed E-state index contributed by atoms with van der Waals surface area (Å²) in [5, 5.41) is 12.0. The van der Waals surface area contributed by atoms with Crippen molar-refractivity contribution in [2.75, 3.05) is 5.32 Å². The Bertz CT molecular complexity index is 1020. The Hall–Kier alpha value is -2.92. The fourth-order valence-electron chi connectivity index (χ4n) is 2.33. The molecule has 0 atom stereocenters. The van der Waals surface area contributed by atoms with Crippen LogP contribution in [0.3, 0.4) is 0 Å². The summed E-state index contributed by atoms with van der Waals surface area (Å²) in [6, 6.07) is 9.99. The molecule has 0 saturated heterocycles. The fraction of sp³-hybridized carbons (Fsp3) is 0.118. The Morgan fingerprint density at radius 2 is 1.96 bits per heavy atom. The highest BCUT2D eigenvalue weighted by atomic mass is 32.1. The van der Waals surface area contributed by atoms with Gasteiger partial charge in [0.25, 0.3) is 0 Å². The third kappa shape index (κ3) is 3.61. The zero-order valence-corrected chi connectivity index (χ0v) is 13.6. The number of anilines is 1. The Morgan fingerprint density at radius 3 is 2.60 bits per heavy atom. The lowest BCUT2D eigenvalue weighted by molar-refractivity contribution is -0.137. The average molecular weight is 361 g/mol. The summed E-state index contributed by atoms with van der Waals surface area (Å²) in [5.41, 5.74) is 0.527. The van der Waals surface area contributed by atoms with Gasteiger partial charge in [0, 0.05) is 6.92 Å². The van der Waals surface area contributed by atoms with E-state index in [1.165, 1.54) is 24.3 Å². The molecule has 0 fully saturated rings. The molecule has 1 amide bonds. The molecule has 3 rings (SSSR count). The molecule has 2 aromatic carbocycles. The standard InChI is InChI=1S/C17H10F3N3OS/c1-9(24)22-16-23-14-3-2-11(7-15(14)25-16)12-4-10(8-21)5-13(6-12)17(18,19)20/h2-7H,1H3,(H,22,23,24). The summed E-state index contributed by atoms with van der Waals surface area (Å²) in [6.07, 6.45) is -4.53. The van der Waals surface area contributed by atoms with Gasteiger partial charge in [-0.1, -0.05) is 17.4 Å². The second-order valence-electron chi connectivity index (χ2n) is 5.29. The maximum absolute atomic E-state index is 13.0. The van der Waals surface area contributed by atoms with Gasteiger partial charge in [0.2, 0.25) is 5.91 Å². The zero-order chi connectivity index (χ0) is 18.2. The van der Waals surface area contributed by atoms with Crippen LogP contribution in [-0.2, 0) is 11.0 Å². The van der Waals surface area contributed by atoms with Crippen LogP contribution in [-0.4, -0.2) is 10.9 Å². The van der Waals surface area contributed by atoms with Crippen LogP contribution >= 0.6 is 11.3 Å². The number of rotatable bonds is 2. The van der Waals surface area contributed by atoms with E-state index in [2.05, 4.69) is 10.3 Å². The van der Waals surface area contributed by atoms with Crippen LogP contribution in [0.2, 0.25) is 0 Å². The molecule has 0 aliphatic rings. The van der Waals surface area contributed by atoms with E-state index in [9.17, 15) is 18.0 Å². The summed E-state index contributed by atoms with van der Waals surface area (Å²) in [4.78, 5) is 15.3. The minimum absolute atomic E-state index is 0.0619. The number of benzene rings is 2. The van der Waals surface area contributed by atoms with Crippen molar-refractivity contribution >= 4 is 32.6 Å². The first-order valence-electron chi connectivity index (χ1n) is 7.07. The lowest BCUT2D eigenvalue weighted by atomic mass is 10.00. The SMILES string of the molecule is CC(=O)Nc1nc2ccc(-c3cc(C#N)cc(C(F)(F)F)c3)cc2s1. The number of alkyl halides is 3. The maximum atomic E-state index is 13.0. The predicted octanol–water partition coefficient (Wildman–Crippen LogP) is 4.81. The highest BCUT2D eigenvalue weighted by Crippen LogP contribution is 2.35. The number of carbonyl (C=O) groups is 1. The minimum Gasteiger partial charge on any atom is -0.302 e. The van der Waals surface area contributed by atoms with E-state index in [1.807, 2.05) is 0 Å². The van der Waals surface area contributed by atoms with Gasteiger partial charge in [0.1, 0.15) is 0 Å². The lowest BCUT2D eigenvalue weighted by Crippen LogP contribution is -2.05. The number of fused-ring (bicyclic) bond motifs is 1. The molecule has 0 saturated carbocycles. The van der Waals surface area contributed by atoms with E-state index in [-0.39, 0.29) is 11.5 Å². The van der Waals surface area contributed by atoms with Gasteiger partial charge in [-0.2, -0.15) is 18.4 Å².